The summed E-state index contributed by atoms with van der Waals surface area (Å²) in [7, 11) is 0. The highest BCUT2D eigenvalue weighted by atomic mass is 35.5. The zero-order chi connectivity index (χ0) is 11.1. The van der Waals surface area contributed by atoms with Gasteiger partial charge in [-0.05, 0) is 12.1 Å². The smallest absolute Gasteiger partial charge is 0.239 e. The van der Waals surface area contributed by atoms with Crippen LogP contribution in [0.3, 0.4) is 0 Å². The largest absolute Gasteiger partial charge is 0.489 e. The Morgan fingerprint density at radius 2 is 2.40 bits per heavy atom. The van der Waals surface area contributed by atoms with E-state index in [-0.39, 0.29) is 11.8 Å². The van der Waals surface area contributed by atoms with Crippen molar-refractivity contribution in [2.75, 3.05) is 17.8 Å². The van der Waals surface area contributed by atoms with Crippen molar-refractivity contribution in [2.45, 2.75) is 0 Å². The molecule has 1 aromatic carbocycles. The Morgan fingerprint density at radius 3 is 3.07 bits per heavy atom. The molecule has 1 rings (SSSR count). The van der Waals surface area contributed by atoms with Crippen molar-refractivity contribution in [1.29, 1.82) is 0 Å². The minimum absolute atomic E-state index is 0.0578. The first-order valence-corrected chi connectivity index (χ1v) is 4.99. The summed E-state index contributed by atoms with van der Waals surface area (Å²) in [4.78, 5) is 11.0. The van der Waals surface area contributed by atoms with Crippen molar-refractivity contribution in [1.82, 2.24) is 0 Å². The van der Waals surface area contributed by atoms with Gasteiger partial charge in [-0.3, -0.25) is 4.79 Å². The van der Waals surface area contributed by atoms with Crippen molar-refractivity contribution in [2.24, 2.45) is 0 Å². The van der Waals surface area contributed by atoms with Crippen molar-refractivity contribution < 1.29 is 9.53 Å². The number of carbonyl (C=O) groups is 1. The maximum absolute atomic E-state index is 11.0. The molecule has 0 atom stereocenters. The van der Waals surface area contributed by atoms with E-state index in [4.69, 9.17) is 16.3 Å². The Bertz CT molecular complexity index is 352. The molecule has 80 valence electrons. The van der Waals surface area contributed by atoms with Crippen LogP contribution in [0.5, 0.6) is 5.75 Å². The van der Waals surface area contributed by atoms with Gasteiger partial charge in [0.25, 0.3) is 0 Å². The molecule has 0 spiro atoms. The van der Waals surface area contributed by atoms with Crippen LogP contribution in [0.25, 0.3) is 0 Å². The molecule has 0 aliphatic rings. The number of rotatable bonds is 5. The van der Waals surface area contributed by atoms with Gasteiger partial charge in [0.15, 0.2) is 0 Å². The third-order valence-corrected chi connectivity index (χ3v) is 1.85. The molecular formula is C11H12ClNO2. The van der Waals surface area contributed by atoms with E-state index >= 15 is 0 Å². The summed E-state index contributed by atoms with van der Waals surface area (Å²) in [5.41, 5.74) is 0.669. The van der Waals surface area contributed by atoms with E-state index in [1.165, 1.54) is 0 Å². The molecule has 0 aliphatic carbocycles. The Hall–Kier alpha value is -1.48. The molecule has 0 bridgehead atoms. The van der Waals surface area contributed by atoms with Gasteiger partial charge < -0.3 is 10.1 Å². The van der Waals surface area contributed by atoms with Crippen LogP contribution in [0.15, 0.2) is 36.9 Å². The summed E-state index contributed by atoms with van der Waals surface area (Å²) in [6.45, 7) is 3.99. The average molecular weight is 226 g/mol. The van der Waals surface area contributed by atoms with E-state index in [0.717, 1.165) is 0 Å². The van der Waals surface area contributed by atoms with Gasteiger partial charge >= 0.3 is 0 Å². The van der Waals surface area contributed by atoms with Crippen LogP contribution in [0.2, 0.25) is 0 Å². The fraction of sp³-hybridized carbons (Fsp3) is 0.182. The summed E-state index contributed by atoms with van der Waals surface area (Å²) in [6, 6.07) is 7.10. The number of benzene rings is 1. The zero-order valence-electron chi connectivity index (χ0n) is 8.20. The monoisotopic (exact) mass is 225 g/mol. The van der Waals surface area contributed by atoms with Crippen LogP contribution in [-0.4, -0.2) is 18.4 Å². The number of ether oxygens (including phenoxy) is 1. The Balaban J connectivity index is 2.65. The normalized spacial score (nSPS) is 9.40. The third-order valence-electron chi connectivity index (χ3n) is 1.61. The Morgan fingerprint density at radius 1 is 1.60 bits per heavy atom. The molecule has 0 radical (unpaired) electrons. The molecular weight excluding hydrogens is 214 g/mol. The van der Waals surface area contributed by atoms with Crippen LogP contribution in [-0.2, 0) is 4.79 Å². The minimum atomic E-state index is -0.238. The standard InChI is InChI=1S/C11H12ClNO2/c1-2-6-15-10-5-3-4-9(7-10)13-11(14)8-12/h2-5,7H,1,6,8H2,(H,13,14). The second-order valence-electron chi connectivity index (χ2n) is 2.81. The highest BCUT2D eigenvalue weighted by molar-refractivity contribution is 6.29. The maximum atomic E-state index is 11.0. The molecule has 3 nitrogen and oxygen atoms in total. The van der Waals surface area contributed by atoms with Gasteiger partial charge in [0.2, 0.25) is 5.91 Å². The number of anilines is 1. The van der Waals surface area contributed by atoms with Crippen LogP contribution in [0, 0.1) is 0 Å². The quantitative estimate of drug-likeness (QED) is 0.618. The molecule has 0 aromatic heterocycles. The fourth-order valence-corrected chi connectivity index (χ4v) is 1.08. The van der Waals surface area contributed by atoms with E-state index in [1.807, 2.05) is 0 Å². The molecule has 15 heavy (non-hydrogen) atoms. The Labute approximate surface area is 93.7 Å². The first-order chi connectivity index (χ1) is 7.26. The molecule has 0 fully saturated rings. The van der Waals surface area contributed by atoms with Gasteiger partial charge in [-0.15, -0.1) is 11.6 Å². The summed E-state index contributed by atoms with van der Waals surface area (Å²) in [6.07, 6.45) is 1.66. The van der Waals surface area contributed by atoms with Gasteiger partial charge in [0, 0.05) is 11.8 Å². The summed E-state index contributed by atoms with van der Waals surface area (Å²) in [5.74, 6) is 0.386. The molecule has 1 amide bonds. The summed E-state index contributed by atoms with van der Waals surface area (Å²) < 4.78 is 5.31. The van der Waals surface area contributed by atoms with E-state index in [1.54, 1.807) is 30.3 Å². The fourth-order valence-electron chi connectivity index (χ4n) is 1.01. The first-order valence-electron chi connectivity index (χ1n) is 4.46. The highest BCUT2D eigenvalue weighted by Crippen LogP contribution is 2.17. The maximum Gasteiger partial charge on any atom is 0.239 e. The Kier molecular flexibility index (Phi) is 4.71. The van der Waals surface area contributed by atoms with Crippen molar-refractivity contribution in [3.63, 3.8) is 0 Å². The number of alkyl halides is 1. The van der Waals surface area contributed by atoms with Gasteiger partial charge in [0.1, 0.15) is 18.2 Å². The zero-order valence-corrected chi connectivity index (χ0v) is 8.96. The van der Waals surface area contributed by atoms with Crippen molar-refractivity contribution in [3.05, 3.63) is 36.9 Å². The SMILES string of the molecule is C=CCOc1cccc(NC(=O)CCl)c1. The number of hydrogen-bond donors (Lipinski definition) is 1. The van der Waals surface area contributed by atoms with E-state index in [9.17, 15) is 4.79 Å². The molecule has 1 aromatic rings. The second-order valence-corrected chi connectivity index (χ2v) is 3.08. The first kappa shape index (κ1) is 11.6. The molecule has 4 heteroatoms. The van der Waals surface area contributed by atoms with Gasteiger partial charge in [-0.25, -0.2) is 0 Å². The topological polar surface area (TPSA) is 38.3 Å². The van der Waals surface area contributed by atoms with Crippen molar-refractivity contribution >= 4 is 23.2 Å². The second kappa shape index (κ2) is 6.09. The predicted octanol–water partition coefficient (Wildman–Crippen LogP) is 2.43. The number of hydrogen-bond acceptors (Lipinski definition) is 2. The van der Waals surface area contributed by atoms with E-state index < -0.39 is 0 Å². The number of amides is 1. The number of nitrogens with one attached hydrogen (secondary N) is 1. The van der Waals surface area contributed by atoms with E-state index in [0.29, 0.717) is 18.0 Å². The lowest BCUT2D eigenvalue weighted by molar-refractivity contribution is -0.113. The predicted molar refractivity (Wildman–Crippen MR) is 61.5 cm³/mol. The van der Waals surface area contributed by atoms with Crippen LogP contribution < -0.4 is 10.1 Å². The summed E-state index contributed by atoms with van der Waals surface area (Å²) in [5, 5.41) is 2.63. The van der Waals surface area contributed by atoms with E-state index in [2.05, 4.69) is 11.9 Å². The molecule has 0 saturated heterocycles. The summed E-state index contributed by atoms with van der Waals surface area (Å²) >= 11 is 5.37. The van der Waals surface area contributed by atoms with Gasteiger partial charge in [-0.2, -0.15) is 0 Å². The highest BCUT2D eigenvalue weighted by Gasteiger charge is 2.00. The number of halogens is 1. The molecule has 0 aliphatic heterocycles. The van der Waals surface area contributed by atoms with Gasteiger partial charge in [0.05, 0.1) is 0 Å². The van der Waals surface area contributed by atoms with Crippen molar-refractivity contribution in [3.8, 4) is 5.75 Å². The minimum Gasteiger partial charge on any atom is -0.489 e. The lowest BCUT2D eigenvalue weighted by Crippen LogP contribution is -2.12. The third kappa shape index (κ3) is 4.04. The lowest BCUT2D eigenvalue weighted by atomic mass is 10.3. The van der Waals surface area contributed by atoms with Crippen LogP contribution in [0.4, 0.5) is 5.69 Å². The molecule has 0 heterocycles. The molecule has 1 N–H and O–H groups in total. The molecule has 0 unspecified atom stereocenters. The van der Waals surface area contributed by atoms with Crippen LogP contribution in [0.1, 0.15) is 0 Å². The average Bonchev–Trinajstić information content (AvgIpc) is 2.26. The molecule has 0 saturated carbocycles. The number of carbonyl (C=O) groups excluding carboxylic acids is 1. The lowest BCUT2D eigenvalue weighted by Gasteiger charge is -2.06. The van der Waals surface area contributed by atoms with Crippen LogP contribution >= 0.6 is 11.6 Å². The van der Waals surface area contributed by atoms with Gasteiger partial charge in [-0.1, -0.05) is 18.7 Å².